The lowest BCUT2D eigenvalue weighted by Gasteiger charge is -2.20. The molecule has 11 heteroatoms. The monoisotopic (exact) mass is 803 g/mol. The highest BCUT2D eigenvalue weighted by atomic mass is 31.2. The van der Waals surface area contributed by atoms with Gasteiger partial charge in [-0.25, -0.2) is 4.57 Å². The van der Waals surface area contributed by atoms with E-state index in [0.717, 1.165) is 70.6 Å². The fourth-order valence-corrected chi connectivity index (χ4v) is 6.89. The van der Waals surface area contributed by atoms with E-state index in [1.54, 1.807) is 0 Å². The molecule has 0 aliphatic carbocycles. The number of unbranched alkanes of at least 4 members (excludes halogenated alkanes) is 24. The third-order valence-corrected chi connectivity index (χ3v) is 10.5. The summed E-state index contributed by atoms with van der Waals surface area (Å²) in [5, 5.41) is 18.3. The molecule has 0 rings (SSSR count). The molecule has 0 saturated carbocycles. The summed E-state index contributed by atoms with van der Waals surface area (Å²) in [4.78, 5) is 35.0. The summed E-state index contributed by atoms with van der Waals surface area (Å²) in [6.07, 6.45) is 40.0. The van der Waals surface area contributed by atoms with Crippen molar-refractivity contribution in [3.63, 3.8) is 0 Å². The molecule has 0 aliphatic heterocycles. The molecule has 10 nitrogen and oxygen atoms in total. The van der Waals surface area contributed by atoms with Gasteiger partial charge in [0, 0.05) is 12.8 Å². The molecule has 0 aromatic heterocycles. The van der Waals surface area contributed by atoms with Crippen LogP contribution in [0, 0.1) is 0 Å². The Kier molecular flexibility index (Phi) is 39.5. The average Bonchev–Trinajstić information content (AvgIpc) is 3.17. The normalized spacial score (nSPS) is 14.1. The minimum absolute atomic E-state index is 0.174. The Balaban J connectivity index is 4.30. The van der Waals surface area contributed by atoms with Crippen molar-refractivity contribution in [2.45, 2.75) is 219 Å². The summed E-state index contributed by atoms with van der Waals surface area (Å²) in [6.45, 7) is 2.37. The van der Waals surface area contributed by atoms with Crippen LogP contribution in [-0.4, -0.2) is 65.7 Å². The van der Waals surface area contributed by atoms with Crippen LogP contribution >= 0.6 is 7.82 Å². The zero-order valence-electron chi connectivity index (χ0n) is 35.2. The standard InChI is InChI=1S/C44H83O10P/c1-3-5-7-9-11-13-15-17-19-21-23-25-27-29-31-33-35-43(47)51-39-42(40-53-55(49,50)52-38-41(46)37-45)54-44(48)36-34-32-30-28-26-24-22-20-18-16-14-12-10-8-6-4-2/h19-22,41-42,45-46H,3-18,23-40H2,1-2H3,(H,49,50)/b21-19-,22-20-/t41-,42+/m0/s1. The molecule has 0 amide bonds. The van der Waals surface area contributed by atoms with Crippen LogP contribution in [0.5, 0.6) is 0 Å². The Morgan fingerprint density at radius 1 is 0.527 bits per heavy atom. The van der Waals surface area contributed by atoms with E-state index in [1.807, 2.05) is 0 Å². The van der Waals surface area contributed by atoms with Crippen LogP contribution in [0.1, 0.15) is 206 Å². The van der Waals surface area contributed by atoms with Crippen LogP contribution < -0.4 is 0 Å². The predicted molar refractivity (Wildman–Crippen MR) is 224 cm³/mol. The second-order valence-electron chi connectivity index (χ2n) is 15.1. The average molecular weight is 803 g/mol. The number of aliphatic hydroxyl groups is 2. The lowest BCUT2D eigenvalue weighted by atomic mass is 10.1. The van der Waals surface area contributed by atoms with Crippen molar-refractivity contribution in [1.29, 1.82) is 0 Å². The molecule has 55 heavy (non-hydrogen) atoms. The highest BCUT2D eigenvalue weighted by Crippen LogP contribution is 2.43. The van der Waals surface area contributed by atoms with Crippen molar-refractivity contribution in [1.82, 2.24) is 0 Å². The Morgan fingerprint density at radius 2 is 0.891 bits per heavy atom. The quantitative estimate of drug-likeness (QED) is 0.0236. The molecular weight excluding hydrogens is 719 g/mol. The van der Waals surface area contributed by atoms with Gasteiger partial charge in [0.2, 0.25) is 0 Å². The molecule has 0 radical (unpaired) electrons. The summed E-state index contributed by atoms with van der Waals surface area (Å²) in [5.74, 6) is -0.938. The number of hydrogen-bond acceptors (Lipinski definition) is 9. The van der Waals surface area contributed by atoms with Crippen molar-refractivity contribution in [2.24, 2.45) is 0 Å². The molecule has 0 saturated heterocycles. The van der Waals surface area contributed by atoms with Crippen LogP contribution in [0.3, 0.4) is 0 Å². The maximum absolute atomic E-state index is 12.6. The SMILES string of the molecule is CCCCCCCCC/C=C\CCCCCCCC(=O)OC[C@H](COP(=O)(O)OC[C@@H](O)CO)OC(=O)CCCCCCC/C=C\CCCCCCCCC. The van der Waals surface area contributed by atoms with Gasteiger partial charge in [0.15, 0.2) is 6.10 Å². The molecule has 0 aliphatic rings. The summed E-state index contributed by atoms with van der Waals surface area (Å²) in [7, 11) is -4.62. The van der Waals surface area contributed by atoms with Crippen LogP contribution in [0.25, 0.3) is 0 Å². The van der Waals surface area contributed by atoms with Crippen LogP contribution in [-0.2, 0) is 32.7 Å². The van der Waals surface area contributed by atoms with Crippen molar-refractivity contribution in [3.05, 3.63) is 24.3 Å². The third kappa shape index (κ3) is 40.4. The van der Waals surface area contributed by atoms with E-state index in [9.17, 15) is 24.2 Å². The van der Waals surface area contributed by atoms with Gasteiger partial charge < -0.3 is 24.6 Å². The highest BCUT2D eigenvalue weighted by Gasteiger charge is 2.27. The van der Waals surface area contributed by atoms with Crippen LogP contribution in [0.2, 0.25) is 0 Å². The predicted octanol–water partition coefficient (Wildman–Crippen LogP) is 11.8. The summed E-state index contributed by atoms with van der Waals surface area (Å²) in [5.41, 5.74) is 0. The number of phosphoric acid groups is 1. The van der Waals surface area contributed by atoms with Crippen molar-refractivity contribution >= 4 is 19.8 Å². The van der Waals surface area contributed by atoms with E-state index in [-0.39, 0.29) is 19.4 Å². The van der Waals surface area contributed by atoms with E-state index in [0.29, 0.717) is 12.8 Å². The minimum Gasteiger partial charge on any atom is -0.462 e. The Labute approximate surface area is 336 Å². The van der Waals surface area contributed by atoms with Gasteiger partial charge in [-0.15, -0.1) is 0 Å². The highest BCUT2D eigenvalue weighted by molar-refractivity contribution is 7.47. The number of ether oxygens (including phenoxy) is 2. The smallest absolute Gasteiger partial charge is 0.462 e. The molecule has 3 atom stereocenters. The summed E-state index contributed by atoms with van der Waals surface area (Å²) < 4.78 is 32.7. The maximum atomic E-state index is 12.6. The van der Waals surface area contributed by atoms with Crippen molar-refractivity contribution < 1.29 is 47.8 Å². The van der Waals surface area contributed by atoms with E-state index in [2.05, 4.69) is 42.7 Å². The van der Waals surface area contributed by atoms with Gasteiger partial charge in [-0.3, -0.25) is 18.6 Å². The second kappa shape index (κ2) is 40.6. The molecular formula is C44H83O10P. The lowest BCUT2D eigenvalue weighted by molar-refractivity contribution is -0.161. The number of allylic oxidation sites excluding steroid dienone is 4. The summed E-state index contributed by atoms with van der Waals surface area (Å²) in [6, 6.07) is 0. The molecule has 0 aromatic carbocycles. The van der Waals surface area contributed by atoms with Gasteiger partial charge in [0.25, 0.3) is 0 Å². The first-order valence-electron chi connectivity index (χ1n) is 22.3. The summed E-state index contributed by atoms with van der Waals surface area (Å²) >= 11 is 0. The van der Waals surface area contributed by atoms with E-state index in [4.69, 9.17) is 19.1 Å². The second-order valence-corrected chi connectivity index (χ2v) is 16.5. The molecule has 0 aromatic rings. The molecule has 3 N–H and O–H groups in total. The number of phosphoric ester groups is 1. The zero-order chi connectivity index (χ0) is 40.5. The molecule has 324 valence electrons. The van der Waals surface area contributed by atoms with E-state index in [1.165, 1.54) is 96.3 Å². The number of carbonyl (C=O) groups excluding carboxylic acids is 2. The fraction of sp³-hybridized carbons (Fsp3) is 0.864. The first-order chi connectivity index (χ1) is 26.7. The molecule has 0 heterocycles. The molecule has 0 bridgehead atoms. The van der Waals surface area contributed by atoms with Gasteiger partial charge in [-0.1, -0.05) is 154 Å². The number of rotatable bonds is 42. The van der Waals surface area contributed by atoms with Gasteiger partial charge in [-0.05, 0) is 64.2 Å². The van der Waals surface area contributed by atoms with E-state index >= 15 is 0 Å². The first kappa shape index (κ1) is 53.5. The molecule has 0 spiro atoms. The lowest BCUT2D eigenvalue weighted by Crippen LogP contribution is -2.29. The van der Waals surface area contributed by atoms with Gasteiger partial charge in [0.05, 0.1) is 19.8 Å². The molecule has 1 unspecified atom stereocenters. The largest absolute Gasteiger partial charge is 0.472 e. The van der Waals surface area contributed by atoms with Crippen LogP contribution in [0.15, 0.2) is 24.3 Å². The fourth-order valence-electron chi connectivity index (χ4n) is 6.10. The topological polar surface area (TPSA) is 149 Å². The first-order valence-corrected chi connectivity index (χ1v) is 23.8. The number of aliphatic hydroxyl groups excluding tert-OH is 2. The Bertz CT molecular complexity index is 972. The third-order valence-electron chi connectivity index (χ3n) is 9.58. The van der Waals surface area contributed by atoms with E-state index < -0.39 is 51.8 Å². The van der Waals surface area contributed by atoms with Gasteiger partial charge in [-0.2, -0.15) is 0 Å². The minimum atomic E-state index is -4.62. The molecule has 0 fully saturated rings. The number of esters is 2. The number of carbonyl (C=O) groups is 2. The maximum Gasteiger partial charge on any atom is 0.472 e. The van der Waals surface area contributed by atoms with Crippen molar-refractivity contribution in [3.8, 4) is 0 Å². The Morgan fingerprint density at radius 3 is 1.31 bits per heavy atom. The van der Waals surface area contributed by atoms with Gasteiger partial charge in [0.1, 0.15) is 12.7 Å². The zero-order valence-corrected chi connectivity index (χ0v) is 36.0. The number of hydrogen-bond donors (Lipinski definition) is 3. The Hall–Kier alpha value is -1.55. The van der Waals surface area contributed by atoms with Crippen molar-refractivity contribution in [2.75, 3.05) is 26.4 Å². The van der Waals surface area contributed by atoms with Crippen LogP contribution in [0.4, 0.5) is 0 Å². The van der Waals surface area contributed by atoms with Gasteiger partial charge >= 0.3 is 19.8 Å².